The molecule has 8 rings (SSSR count). The Morgan fingerprint density at radius 3 is 2.15 bits per heavy atom. The van der Waals surface area contributed by atoms with E-state index in [1.807, 2.05) is 122 Å². The van der Waals surface area contributed by atoms with Crippen LogP contribution in [0.3, 0.4) is 0 Å². The fraction of sp³-hybridized carbons (Fsp3) is 0.314. The number of likely N-dealkylation sites (tertiary alicyclic amines) is 1. The van der Waals surface area contributed by atoms with Crippen molar-refractivity contribution < 1.29 is 23.4 Å². The number of piperidine rings is 1. The standard InChI is InChI=1S/C51H57ClN6O5S2/c1-35-31-46(19-20-47(35)53-41(34-64-45-13-5-4-6-14-45)21-24-56-25-22-44(59)23-26-56)65(62,63)54-40-15-17-42(18-16-40)57-27-29-58(30-28-57)43-12-8-9-37(33-43)49-48(51(60)61)36(2)55(3)50(49)38-10-7-11-39(52)32-38/h4-20,31-33,41,44,53-54,59H,21-30,34H2,1-3H3,(H,60,61)/t41-/m1/s1. The third kappa shape index (κ3) is 11.0. The van der Waals surface area contributed by atoms with Gasteiger partial charge in [-0.05, 0) is 123 Å². The summed E-state index contributed by atoms with van der Waals surface area (Å²) in [6, 6.07) is 38.9. The fourth-order valence-corrected chi connectivity index (χ4v) is 11.3. The second-order valence-electron chi connectivity index (χ2n) is 17.0. The number of hydrogen-bond acceptors (Lipinski definition) is 9. The number of rotatable bonds is 16. The van der Waals surface area contributed by atoms with Crippen LogP contribution in [0.15, 0.2) is 131 Å². The van der Waals surface area contributed by atoms with Crippen LogP contribution >= 0.6 is 23.4 Å². The van der Waals surface area contributed by atoms with Gasteiger partial charge in [0.25, 0.3) is 10.0 Å². The van der Waals surface area contributed by atoms with E-state index in [-0.39, 0.29) is 22.6 Å². The van der Waals surface area contributed by atoms with Crippen LogP contribution in [0.4, 0.5) is 22.7 Å². The number of carboxylic acids is 1. The number of carboxylic acid groups (broad SMARTS) is 1. The first-order chi connectivity index (χ1) is 31.3. The number of aryl methyl sites for hydroxylation is 1. The van der Waals surface area contributed by atoms with Gasteiger partial charge >= 0.3 is 5.97 Å². The predicted molar refractivity (Wildman–Crippen MR) is 267 cm³/mol. The number of aromatic carboxylic acids is 1. The van der Waals surface area contributed by atoms with Crippen LogP contribution in [0.2, 0.25) is 5.02 Å². The van der Waals surface area contributed by atoms with E-state index in [1.165, 1.54) is 4.90 Å². The third-order valence-corrected chi connectivity index (χ3v) is 15.5. The Morgan fingerprint density at radius 2 is 1.48 bits per heavy atom. The van der Waals surface area contributed by atoms with Crippen LogP contribution in [0, 0.1) is 13.8 Å². The molecule has 0 bridgehead atoms. The van der Waals surface area contributed by atoms with Crippen LogP contribution in [0.5, 0.6) is 0 Å². The quantitative estimate of drug-likeness (QED) is 0.0697. The van der Waals surface area contributed by atoms with Crippen molar-refractivity contribution in [3.8, 4) is 22.4 Å². The van der Waals surface area contributed by atoms with Crippen LogP contribution < -0.4 is 19.8 Å². The van der Waals surface area contributed by atoms with Crippen LogP contribution in [0.1, 0.15) is 40.9 Å². The molecule has 2 aliphatic heterocycles. The van der Waals surface area contributed by atoms with Crippen molar-refractivity contribution in [3.05, 3.63) is 143 Å². The Kier molecular flexibility index (Phi) is 14.5. The summed E-state index contributed by atoms with van der Waals surface area (Å²) < 4.78 is 32.1. The molecule has 2 saturated heterocycles. The number of aliphatic hydroxyl groups excluding tert-OH is 1. The maximum atomic E-state index is 13.7. The molecule has 2 aliphatic rings. The van der Waals surface area contributed by atoms with Crippen molar-refractivity contribution in [2.45, 2.75) is 55.0 Å². The maximum absolute atomic E-state index is 13.7. The number of nitrogens with one attached hydrogen (secondary N) is 2. The second-order valence-corrected chi connectivity index (χ2v) is 20.3. The summed E-state index contributed by atoms with van der Waals surface area (Å²) in [6.07, 6.45) is 2.34. The molecule has 0 radical (unpaired) electrons. The van der Waals surface area contributed by atoms with E-state index in [2.05, 4.69) is 49.0 Å². The largest absolute Gasteiger partial charge is 0.478 e. The summed E-state index contributed by atoms with van der Waals surface area (Å²) in [4.78, 5) is 21.1. The zero-order valence-electron chi connectivity index (χ0n) is 37.1. The molecule has 14 heteroatoms. The number of piperazine rings is 1. The van der Waals surface area contributed by atoms with Gasteiger partial charge in [0, 0.05) is 114 Å². The van der Waals surface area contributed by atoms with Crippen molar-refractivity contribution in [2.75, 3.05) is 71.4 Å². The minimum Gasteiger partial charge on any atom is -0.478 e. The third-order valence-electron chi connectivity index (χ3n) is 12.7. The number of aliphatic hydroxyl groups is 1. The number of thioether (sulfide) groups is 1. The average Bonchev–Trinajstić information content (AvgIpc) is 3.58. The highest BCUT2D eigenvalue weighted by atomic mass is 35.5. The summed E-state index contributed by atoms with van der Waals surface area (Å²) in [5.74, 6) is -0.114. The molecule has 2 fully saturated rings. The molecule has 340 valence electrons. The van der Waals surface area contributed by atoms with Gasteiger partial charge in [0.15, 0.2) is 0 Å². The summed E-state index contributed by atoms with van der Waals surface area (Å²) in [5, 5.41) is 24.6. The number of halogens is 1. The molecule has 1 atom stereocenters. The van der Waals surface area contributed by atoms with Gasteiger partial charge in [-0.2, -0.15) is 0 Å². The molecule has 0 amide bonds. The minimum atomic E-state index is -3.85. The Labute approximate surface area is 392 Å². The summed E-state index contributed by atoms with van der Waals surface area (Å²) >= 11 is 8.20. The monoisotopic (exact) mass is 932 g/mol. The number of carbonyl (C=O) groups is 1. The average molecular weight is 934 g/mol. The lowest BCUT2D eigenvalue weighted by molar-refractivity contribution is 0.0696. The first-order valence-electron chi connectivity index (χ1n) is 22.2. The van der Waals surface area contributed by atoms with Crippen molar-refractivity contribution in [2.24, 2.45) is 7.05 Å². The number of hydrogen-bond donors (Lipinski definition) is 4. The van der Waals surface area contributed by atoms with Gasteiger partial charge < -0.3 is 34.8 Å². The molecule has 1 aromatic heterocycles. The summed E-state index contributed by atoms with van der Waals surface area (Å²) in [7, 11) is -1.97. The summed E-state index contributed by atoms with van der Waals surface area (Å²) in [6.45, 7) is 9.51. The molecule has 4 N–H and O–H groups in total. The van der Waals surface area contributed by atoms with E-state index in [4.69, 9.17) is 11.6 Å². The number of nitrogens with zero attached hydrogens (tertiary/aromatic N) is 4. The molecule has 11 nitrogen and oxygen atoms in total. The SMILES string of the molecule is Cc1cc(S(=O)(=O)Nc2ccc(N3CCN(c4cccc(-c5c(C(=O)O)c(C)n(C)c5-c5cccc(Cl)c5)c4)CC3)cc2)ccc1N[C@H](CCN1CCC(O)CC1)CSc1ccccc1. The number of benzene rings is 5. The van der Waals surface area contributed by atoms with E-state index < -0.39 is 16.0 Å². The molecular formula is C51H57ClN6O5S2. The Balaban J connectivity index is 0.895. The Morgan fingerprint density at radius 1 is 0.800 bits per heavy atom. The van der Waals surface area contributed by atoms with E-state index in [0.717, 1.165) is 110 Å². The van der Waals surface area contributed by atoms with E-state index in [0.29, 0.717) is 22.0 Å². The minimum absolute atomic E-state index is 0.159. The zero-order chi connectivity index (χ0) is 45.7. The predicted octanol–water partition coefficient (Wildman–Crippen LogP) is 9.87. The van der Waals surface area contributed by atoms with Gasteiger partial charge in [-0.15, -0.1) is 11.8 Å². The fourth-order valence-electron chi connectivity index (χ4n) is 8.93. The lowest BCUT2D eigenvalue weighted by atomic mass is 9.96. The van der Waals surface area contributed by atoms with Gasteiger partial charge in [-0.1, -0.05) is 54.1 Å². The van der Waals surface area contributed by atoms with E-state index >= 15 is 0 Å². The van der Waals surface area contributed by atoms with Gasteiger partial charge in [0.2, 0.25) is 0 Å². The first-order valence-corrected chi connectivity index (χ1v) is 25.0. The maximum Gasteiger partial charge on any atom is 0.338 e. The van der Waals surface area contributed by atoms with Crippen molar-refractivity contribution in [1.29, 1.82) is 0 Å². The summed E-state index contributed by atoms with van der Waals surface area (Å²) in [5.41, 5.74) is 8.35. The van der Waals surface area contributed by atoms with Crippen LogP contribution in [-0.4, -0.2) is 97.8 Å². The lowest BCUT2D eigenvalue weighted by Crippen LogP contribution is -2.46. The highest BCUT2D eigenvalue weighted by molar-refractivity contribution is 7.99. The second kappa shape index (κ2) is 20.4. The van der Waals surface area contributed by atoms with Crippen molar-refractivity contribution in [3.63, 3.8) is 0 Å². The molecule has 0 unspecified atom stereocenters. The van der Waals surface area contributed by atoms with Gasteiger partial charge in [0.1, 0.15) is 0 Å². The van der Waals surface area contributed by atoms with Crippen molar-refractivity contribution >= 4 is 62.1 Å². The molecule has 0 aliphatic carbocycles. The van der Waals surface area contributed by atoms with Crippen molar-refractivity contribution in [1.82, 2.24) is 9.47 Å². The topological polar surface area (TPSA) is 130 Å². The molecule has 0 saturated carbocycles. The number of anilines is 4. The van der Waals surface area contributed by atoms with Gasteiger partial charge in [-0.3, -0.25) is 4.72 Å². The number of aromatic nitrogens is 1. The molecule has 6 aromatic rings. The molecule has 3 heterocycles. The van der Waals surface area contributed by atoms with E-state index in [9.17, 15) is 23.4 Å². The molecule has 0 spiro atoms. The van der Waals surface area contributed by atoms with Gasteiger partial charge in [-0.25, -0.2) is 13.2 Å². The Bertz CT molecular complexity index is 2720. The Hall–Kier alpha value is -5.44. The highest BCUT2D eigenvalue weighted by Crippen LogP contribution is 2.41. The zero-order valence-corrected chi connectivity index (χ0v) is 39.5. The van der Waals surface area contributed by atoms with E-state index in [1.54, 1.807) is 12.1 Å². The smallest absolute Gasteiger partial charge is 0.338 e. The molecular weight excluding hydrogens is 876 g/mol. The van der Waals surface area contributed by atoms with Crippen LogP contribution in [0.25, 0.3) is 22.4 Å². The van der Waals surface area contributed by atoms with Crippen LogP contribution in [-0.2, 0) is 17.1 Å². The highest BCUT2D eigenvalue weighted by Gasteiger charge is 2.27. The normalized spacial score (nSPS) is 15.5. The lowest BCUT2D eigenvalue weighted by Gasteiger charge is -2.37. The first kappa shape index (κ1) is 46.1. The number of sulfonamides is 1. The molecule has 65 heavy (non-hydrogen) atoms. The van der Waals surface area contributed by atoms with Gasteiger partial charge in [0.05, 0.1) is 22.3 Å². The molecule has 5 aromatic carbocycles.